The Hall–Kier alpha value is -1.23. The number of hydrogen-bond donors (Lipinski definition) is 2. The van der Waals surface area contributed by atoms with E-state index in [0.29, 0.717) is 0 Å². The van der Waals surface area contributed by atoms with Crippen molar-refractivity contribution in [2.75, 3.05) is 0 Å². The third kappa shape index (κ3) is 32.3. The first-order valence-corrected chi connectivity index (χ1v) is 4.17. The number of carboxylic acid groups (broad SMARTS) is 1. The number of carbonyl (C=O) groups is 3. The van der Waals surface area contributed by atoms with Crippen LogP contribution in [0.2, 0.25) is 0 Å². The third-order valence-electron chi connectivity index (χ3n) is 0.619. The van der Waals surface area contributed by atoms with Gasteiger partial charge in [0.15, 0.2) is 5.78 Å². The molecule has 0 aromatic heterocycles. The van der Waals surface area contributed by atoms with Crippen LogP contribution in [0.4, 0.5) is 0 Å². The zero-order valence-corrected chi connectivity index (χ0v) is 9.20. The van der Waals surface area contributed by atoms with Crippen molar-refractivity contribution in [3.05, 3.63) is 0 Å². The molecule has 15 heavy (non-hydrogen) atoms. The molecule has 0 aromatic rings. The monoisotopic (exact) mass is 222 g/mol. The van der Waals surface area contributed by atoms with Crippen molar-refractivity contribution in [2.24, 2.45) is 0 Å². The van der Waals surface area contributed by atoms with Gasteiger partial charge in [0.25, 0.3) is 0 Å². The summed E-state index contributed by atoms with van der Waals surface area (Å²) in [5.41, 5.74) is 0. The first-order valence-electron chi connectivity index (χ1n) is 4.17. The molecule has 0 heterocycles. The molecule has 5 nitrogen and oxygen atoms in total. The van der Waals surface area contributed by atoms with Crippen LogP contribution < -0.4 is 0 Å². The van der Waals surface area contributed by atoms with Gasteiger partial charge in [0.2, 0.25) is 6.10 Å². The van der Waals surface area contributed by atoms with E-state index in [-0.39, 0.29) is 13.2 Å². The lowest BCUT2D eigenvalue weighted by Gasteiger charge is -1.95. The molecule has 0 rings (SSSR count). The number of Topliss-reactive ketones (excluding diaryl/α,β-unsaturated/α-hetero) is 2. The molecule has 0 aliphatic rings. The topological polar surface area (TPSA) is 91.7 Å². The summed E-state index contributed by atoms with van der Waals surface area (Å²) in [6, 6.07) is 0. The van der Waals surface area contributed by atoms with Crippen LogP contribution in [0.5, 0.6) is 0 Å². The van der Waals surface area contributed by atoms with Crippen molar-refractivity contribution in [3.8, 4) is 0 Å². The first kappa shape index (κ1) is 23.5. The predicted molar refractivity (Wildman–Crippen MR) is 58.8 cm³/mol. The average molecular weight is 222 g/mol. The van der Waals surface area contributed by atoms with Crippen LogP contribution in [0.3, 0.4) is 0 Å². The van der Waals surface area contributed by atoms with Gasteiger partial charge in [-0.2, -0.15) is 0 Å². The Bertz CT molecular complexity index is 168. The molecule has 0 spiro atoms. The maximum atomic E-state index is 9.95. The Labute approximate surface area is 91.1 Å². The van der Waals surface area contributed by atoms with E-state index in [1.165, 1.54) is 13.8 Å². The van der Waals surface area contributed by atoms with Crippen molar-refractivity contribution < 1.29 is 24.6 Å². The smallest absolute Gasteiger partial charge is 0.340 e. The largest absolute Gasteiger partial charge is 0.479 e. The Morgan fingerprint density at radius 1 is 1.00 bits per heavy atom. The molecule has 2 N–H and O–H groups in total. The van der Waals surface area contributed by atoms with Crippen molar-refractivity contribution >= 4 is 17.5 Å². The SMILES string of the molecule is C.CC.CC(=O)C(O)C(=O)O.CC(C)=O. The Morgan fingerprint density at radius 2 is 1.20 bits per heavy atom. The Balaban J connectivity index is -0.0000000742. The first-order chi connectivity index (χ1) is 6.29. The van der Waals surface area contributed by atoms with Crippen molar-refractivity contribution in [3.63, 3.8) is 0 Å². The number of rotatable bonds is 2. The summed E-state index contributed by atoms with van der Waals surface area (Å²) in [6.07, 6.45) is -1.85. The minimum atomic E-state index is -1.85. The van der Waals surface area contributed by atoms with Gasteiger partial charge < -0.3 is 15.0 Å². The van der Waals surface area contributed by atoms with Crippen molar-refractivity contribution in [1.82, 2.24) is 0 Å². The van der Waals surface area contributed by atoms with E-state index < -0.39 is 17.9 Å². The van der Waals surface area contributed by atoms with E-state index >= 15 is 0 Å². The summed E-state index contributed by atoms with van der Waals surface area (Å²) in [4.78, 5) is 29.1. The highest BCUT2D eigenvalue weighted by Crippen LogP contribution is 1.82. The molecule has 92 valence electrons. The lowest BCUT2D eigenvalue weighted by atomic mass is 10.3. The van der Waals surface area contributed by atoms with E-state index in [4.69, 9.17) is 10.2 Å². The van der Waals surface area contributed by atoms with Gasteiger partial charge in [0.1, 0.15) is 5.78 Å². The summed E-state index contributed by atoms with van der Waals surface area (Å²) < 4.78 is 0. The summed E-state index contributed by atoms with van der Waals surface area (Å²) >= 11 is 0. The molecule has 1 unspecified atom stereocenters. The predicted octanol–water partition coefficient (Wildman–Crippen LogP) is 1.28. The van der Waals surface area contributed by atoms with E-state index in [9.17, 15) is 14.4 Å². The number of aliphatic carboxylic acids is 1. The van der Waals surface area contributed by atoms with Crippen LogP contribution in [0.25, 0.3) is 0 Å². The van der Waals surface area contributed by atoms with E-state index in [1.54, 1.807) is 0 Å². The van der Waals surface area contributed by atoms with Crippen LogP contribution in [-0.2, 0) is 14.4 Å². The van der Waals surface area contributed by atoms with Gasteiger partial charge in [-0.15, -0.1) is 0 Å². The Kier molecular flexibility index (Phi) is 23.9. The molecule has 0 saturated carbocycles. The maximum Gasteiger partial charge on any atom is 0.340 e. The lowest BCUT2D eigenvalue weighted by molar-refractivity contribution is -0.151. The fraction of sp³-hybridized carbons (Fsp3) is 0.700. The maximum absolute atomic E-state index is 9.95. The van der Waals surface area contributed by atoms with Gasteiger partial charge in [-0.25, -0.2) is 4.79 Å². The van der Waals surface area contributed by atoms with E-state index in [0.717, 1.165) is 6.92 Å². The molecular weight excluding hydrogens is 200 g/mol. The van der Waals surface area contributed by atoms with Crippen molar-refractivity contribution in [2.45, 2.75) is 48.1 Å². The molecule has 0 saturated heterocycles. The molecule has 0 fully saturated rings. The fourth-order valence-corrected chi connectivity index (χ4v) is 0.174. The number of aliphatic hydroxyl groups is 1. The van der Waals surface area contributed by atoms with Crippen molar-refractivity contribution in [1.29, 1.82) is 0 Å². The van der Waals surface area contributed by atoms with Gasteiger partial charge in [0.05, 0.1) is 0 Å². The number of carboxylic acids is 1. The van der Waals surface area contributed by atoms with E-state index in [2.05, 4.69) is 0 Å². The summed E-state index contributed by atoms with van der Waals surface area (Å²) in [5.74, 6) is -2.09. The van der Waals surface area contributed by atoms with Crippen LogP contribution in [0, 0.1) is 0 Å². The van der Waals surface area contributed by atoms with Crippen LogP contribution >= 0.6 is 0 Å². The number of hydrogen-bond acceptors (Lipinski definition) is 4. The quantitative estimate of drug-likeness (QED) is 0.686. The van der Waals surface area contributed by atoms with Gasteiger partial charge in [0, 0.05) is 0 Å². The van der Waals surface area contributed by atoms with Gasteiger partial charge in [-0.05, 0) is 20.8 Å². The highest BCUT2D eigenvalue weighted by molar-refractivity contribution is 5.99. The standard InChI is InChI=1S/C4H6O4.C3H6O.C2H6.CH4/c1-2(5)3(6)4(7)8;1-3(2)4;1-2;/h3,6H,1H3,(H,7,8);1-2H3;1-2H3;1H4. The molecular formula is C10H22O5. The normalized spacial score (nSPS) is 8.93. The van der Waals surface area contributed by atoms with Crippen LogP contribution in [-0.4, -0.2) is 33.9 Å². The van der Waals surface area contributed by atoms with Crippen LogP contribution in [0.15, 0.2) is 0 Å². The number of ketones is 2. The number of carbonyl (C=O) groups excluding carboxylic acids is 2. The second-order valence-electron chi connectivity index (χ2n) is 2.26. The zero-order valence-electron chi connectivity index (χ0n) is 9.20. The Morgan fingerprint density at radius 3 is 1.20 bits per heavy atom. The lowest BCUT2D eigenvalue weighted by Crippen LogP contribution is -2.26. The van der Waals surface area contributed by atoms with E-state index in [1.807, 2.05) is 13.8 Å². The van der Waals surface area contributed by atoms with Crippen LogP contribution in [0.1, 0.15) is 42.0 Å². The molecule has 0 amide bonds. The van der Waals surface area contributed by atoms with Gasteiger partial charge >= 0.3 is 5.97 Å². The molecule has 0 aliphatic heterocycles. The average Bonchev–Trinajstić information content (AvgIpc) is 2.05. The molecule has 5 heteroatoms. The summed E-state index contributed by atoms with van der Waals surface area (Å²) in [6.45, 7) is 8.07. The molecule has 0 radical (unpaired) electrons. The minimum Gasteiger partial charge on any atom is -0.479 e. The highest BCUT2D eigenvalue weighted by atomic mass is 16.4. The zero-order chi connectivity index (χ0) is 12.3. The highest BCUT2D eigenvalue weighted by Gasteiger charge is 2.17. The molecule has 0 bridgehead atoms. The fourth-order valence-electron chi connectivity index (χ4n) is 0.174. The summed E-state index contributed by atoms with van der Waals surface area (Å²) in [5, 5.41) is 16.1. The number of aliphatic hydroxyl groups excluding tert-OH is 1. The molecule has 1 atom stereocenters. The molecule has 0 aromatic carbocycles. The second-order valence-corrected chi connectivity index (χ2v) is 2.26. The molecule has 0 aliphatic carbocycles. The second kappa shape index (κ2) is 15.3. The summed E-state index contributed by atoms with van der Waals surface area (Å²) in [7, 11) is 0. The minimum absolute atomic E-state index is 0. The third-order valence-corrected chi connectivity index (χ3v) is 0.619. The van der Waals surface area contributed by atoms with Gasteiger partial charge in [-0.3, -0.25) is 4.79 Å². The van der Waals surface area contributed by atoms with Gasteiger partial charge in [-0.1, -0.05) is 21.3 Å².